The van der Waals surface area contributed by atoms with Gasteiger partial charge in [0.15, 0.2) is 0 Å². The second-order valence-electron chi connectivity index (χ2n) is 4.68. The van der Waals surface area contributed by atoms with Crippen molar-refractivity contribution in [1.29, 1.82) is 0 Å². The molecular weight excluding hydrogens is 264 g/mol. The number of rotatable bonds is 2. The molecule has 0 aliphatic carbocycles. The van der Waals surface area contributed by atoms with Gasteiger partial charge in [0.05, 0.1) is 0 Å². The van der Waals surface area contributed by atoms with Gasteiger partial charge in [0, 0.05) is 19.8 Å². The van der Waals surface area contributed by atoms with Crippen LogP contribution >= 0.6 is 0 Å². The van der Waals surface area contributed by atoms with E-state index < -0.39 is 23.5 Å². The van der Waals surface area contributed by atoms with Crippen LogP contribution in [0.15, 0.2) is 30.3 Å². The van der Waals surface area contributed by atoms with Crippen molar-refractivity contribution in [3.05, 3.63) is 30.3 Å². The monoisotopic (exact) mass is 280 g/mol. The molecule has 1 saturated heterocycles. The molecule has 1 heterocycles. The van der Waals surface area contributed by atoms with Gasteiger partial charge in [0.2, 0.25) is 5.72 Å². The van der Waals surface area contributed by atoms with E-state index in [1.54, 1.807) is 30.3 Å². The highest BCUT2D eigenvalue weighted by Gasteiger charge is 2.64. The van der Waals surface area contributed by atoms with Crippen LogP contribution < -0.4 is 4.90 Å². The van der Waals surface area contributed by atoms with Gasteiger partial charge >= 0.3 is 6.03 Å². The molecule has 1 fully saturated rings. The summed E-state index contributed by atoms with van der Waals surface area (Å²) in [6.45, 7) is 1.27. The van der Waals surface area contributed by atoms with Crippen LogP contribution in [-0.2, 0) is 9.53 Å². The molecule has 1 aromatic carbocycles. The average Bonchev–Trinajstić information content (AvgIpc) is 2.45. The summed E-state index contributed by atoms with van der Waals surface area (Å²) in [5, 5.41) is 20.3. The maximum absolute atomic E-state index is 12.3. The molecule has 0 radical (unpaired) electrons. The Kier molecular flexibility index (Phi) is 3.29. The minimum Gasteiger partial charge on any atom is -0.354 e. The topological polar surface area (TPSA) is 90.3 Å². The molecule has 0 bridgehead atoms. The first-order valence-electron chi connectivity index (χ1n) is 5.94. The van der Waals surface area contributed by atoms with Crippen LogP contribution in [0.3, 0.4) is 0 Å². The van der Waals surface area contributed by atoms with Gasteiger partial charge in [-0.25, -0.2) is 4.79 Å². The van der Waals surface area contributed by atoms with Gasteiger partial charge in [0.1, 0.15) is 0 Å². The number of carbonyl (C=O) groups is 2. The van der Waals surface area contributed by atoms with Gasteiger partial charge in [-0.1, -0.05) is 18.2 Å². The first-order valence-corrected chi connectivity index (χ1v) is 5.94. The van der Waals surface area contributed by atoms with Gasteiger partial charge < -0.3 is 14.9 Å². The van der Waals surface area contributed by atoms with E-state index in [9.17, 15) is 19.8 Å². The zero-order valence-corrected chi connectivity index (χ0v) is 11.4. The standard InChI is InChI=1S/C13H16N2O5/c1-12(20-3)13(18,19)10(16)14(2)11(17)15(12)9-7-5-4-6-8-9/h4-8,18-19H,1-3H3. The first-order chi connectivity index (χ1) is 9.27. The Balaban J connectivity index is 2.63. The van der Waals surface area contributed by atoms with E-state index in [0.717, 1.165) is 4.90 Å². The van der Waals surface area contributed by atoms with E-state index in [2.05, 4.69) is 0 Å². The van der Waals surface area contributed by atoms with Crippen molar-refractivity contribution in [2.45, 2.75) is 18.4 Å². The highest BCUT2D eigenvalue weighted by molar-refractivity contribution is 6.09. The van der Waals surface area contributed by atoms with Crippen molar-refractivity contribution in [3.8, 4) is 0 Å². The summed E-state index contributed by atoms with van der Waals surface area (Å²) < 4.78 is 5.11. The van der Waals surface area contributed by atoms with E-state index in [1.807, 2.05) is 0 Å². The smallest absolute Gasteiger partial charge is 0.333 e. The summed E-state index contributed by atoms with van der Waals surface area (Å²) in [4.78, 5) is 25.9. The molecule has 2 rings (SSSR count). The maximum Gasteiger partial charge on any atom is 0.333 e. The number of likely N-dealkylation sites (N-methyl/N-ethyl adjacent to an activating group) is 1. The summed E-state index contributed by atoms with van der Waals surface area (Å²) in [6.07, 6.45) is 0. The molecule has 2 N–H and O–H groups in total. The van der Waals surface area contributed by atoms with Gasteiger partial charge in [-0.3, -0.25) is 14.6 Å². The minimum absolute atomic E-state index is 0.383. The molecule has 1 atom stereocenters. The number of nitrogens with zero attached hydrogens (tertiary/aromatic N) is 2. The Labute approximate surface area is 116 Å². The number of para-hydroxylation sites is 1. The molecule has 1 aliphatic heterocycles. The largest absolute Gasteiger partial charge is 0.354 e. The van der Waals surface area contributed by atoms with Crippen LogP contribution in [-0.4, -0.2) is 52.7 Å². The number of imide groups is 1. The lowest BCUT2D eigenvalue weighted by Gasteiger charge is -2.51. The Morgan fingerprint density at radius 2 is 1.70 bits per heavy atom. The van der Waals surface area contributed by atoms with E-state index in [4.69, 9.17) is 4.74 Å². The SMILES string of the molecule is COC1(C)N(c2ccccc2)C(=O)N(C)C(=O)C1(O)O. The maximum atomic E-state index is 12.3. The second kappa shape index (κ2) is 4.55. The number of urea groups is 1. The normalized spacial score (nSPS) is 26.1. The van der Waals surface area contributed by atoms with E-state index in [1.165, 1.54) is 21.1 Å². The molecular formula is C13H16N2O5. The summed E-state index contributed by atoms with van der Waals surface area (Å²) in [5.41, 5.74) is -1.55. The Hall–Kier alpha value is -1.96. The molecule has 0 saturated carbocycles. The van der Waals surface area contributed by atoms with Gasteiger partial charge in [-0.2, -0.15) is 0 Å². The van der Waals surface area contributed by atoms with Crippen molar-refractivity contribution in [1.82, 2.24) is 4.90 Å². The summed E-state index contributed by atoms with van der Waals surface area (Å²) in [6, 6.07) is 7.63. The van der Waals surface area contributed by atoms with Crippen molar-refractivity contribution >= 4 is 17.6 Å². The number of anilines is 1. The van der Waals surface area contributed by atoms with Crippen LogP contribution in [0.1, 0.15) is 6.92 Å². The third-order valence-electron chi connectivity index (χ3n) is 3.57. The highest BCUT2D eigenvalue weighted by Crippen LogP contribution is 2.37. The molecule has 0 aromatic heterocycles. The van der Waals surface area contributed by atoms with Gasteiger partial charge in [-0.15, -0.1) is 0 Å². The zero-order valence-electron chi connectivity index (χ0n) is 11.4. The zero-order chi connectivity index (χ0) is 15.1. The number of hydrogen-bond donors (Lipinski definition) is 2. The number of methoxy groups -OCH3 is 1. The van der Waals surface area contributed by atoms with Crippen molar-refractivity contribution < 1.29 is 24.5 Å². The van der Waals surface area contributed by atoms with E-state index >= 15 is 0 Å². The number of aliphatic hydroxyl groups is 2. The number of amides is 3. The lowest BCUT2D eigenvalue weighted by Crippen LogP contribution is -2.77. The lowest BCUT2D eigenvalue weighted by molar-refractivity contribution is -0.270. The minimum atomic E-state index is -2.86. The fourth-order valence-corrected chi connectivity index (χ4v) is 2.18. The number of carbonyl (C=O) groups excluding carboxylic acids is 2. The third kappa shape index (κ3) is 1.71. The van der Waals surface area contributed by atoms with E-state index in [0.29, 0.717) is 10.6 Å². The first kappa shape index (κ1) is 14.4. The molecule has 20 heavy (non-hydrogen) atoms. The quantitative estimate of drug-likeness (QED) is 0.751. The second-order valence-corrected chi connectivity index (χ2v) is 4.68. The summed E-state index contributed by atoms with van der Waals surface area (Å²) in [7, 11) is 2.38. The van der Waals surface area contributed by atoms with Crippen molar-refractivity contribution in [2.75, 3.05) is 19.1 Å². The Bertz CT molecular complexity index is 545. The average molecular weight is 280 g/mol. The molecule has 1 aliphatic rings. The molecule has 7 heteroatoms. The number of benzene rings is 1. The molecule has 108 valence electrons. The predicted octanol–water partition coefficient (Wildman–Crippen LogP) is 0.128. The van der Waals surface area contributed by atoms with Crippen LogP contribution in [0, 0.1) is 0 Å². The fraction of sp³-hybridized carbons (Fsp3) is 0.385. The number of ether oxygens (including phenoxy) is 1. The molecule has 0 spiro atoms. The third-order valence-corrected chi connectivity index (χ3v) is 3.57. The molecule has 7 nitrogen and oxygen atoms in total. The van der Waals surface area contributed by atoms with Gasteiger partial charge in [-0.05, 0) is 19.1 Å². The molecule has 1 aromatic rings. The van der Waals surface area contributed by atoms with Gasteiger partial charge in [0.25, 0.3) is 11.7 Å². The highest BCUT2D eigenvalue weighted by atomic mass is 16.6. The molecule has 1 unspecified atom stereocenters. The lowest BCUT2D eigenvalue weighted by atomic mass is 9.97. The summed E-state index contributed by atoms with van der Waals surface area (Å²) in [5.74, 6) is -4.00. The van der Waals surface area contributed by atoms with Crippen molar-refractivity contribution in [3.63, 3.8) is 0 Å². The predicted molar refractivity (Wildman–Crippen MR) is 69.7 cm³/mol. The number of hydrogen-bond acceptors (Lipinski definition) is 5. The van der Waals surface area contributed by atoms with Crippen LogP contribution in [0.5, 0.6) is 0 Å². The Morgan fingerprint density at radius 1 is 1.15 bits per heavy atom. The Morgan fingerprint density at radius 3 is 2.20 bits per heavy atom. The van der Waals surface area contributed by atoms with E-state index in [-0.39, 0.29) is 0 Å². The van der Waals surface area contributed by atoms with Crippen LogP contribution in [0.2, 0.25) is 0 Å². The van der Waals surface area contributed by atoms with Crippen LogP contribution in [0.25, 0.3) is 0 Å². The summed E-state index contributed by atoms with van der Waals surface area (Å²) >= 11 is 0. The van der Waals surface area contributed by atoms with Crippen LogP contribution in [0.4, 0.5) is 10.5 Å². The fourth-order valence-electron chi connectivity index (χ4n) is 2.18. The molecule has 3 amide bonds. The van der Waals surface area contributed by atoms with Crippen molar-refractivity contribution in [2.24, 2.45) is 0 Å².